The molecule has 0 fully saturated rings. The van der Waals surface area contributed by atoms with Gasteiger partial charge in [0, 0.05) is 16.8 Å². The molecule has 0 aliphatic heterocycles. The molecular formula is C13H14N2OS. The monoisotopic (exact) mass is 246 g/mol. The summed E-state index contributed by atoms with van der Waals surface area (Å²) in [5, 5.41) is 5.96. The summed E-state index contributed by atoms with van der Waals surface area (Å²) in [7, 11) is 0. The van der Waals surface area contributed by atoms with Crippen LogP contribution in [-0.4, -0.2) is 17.3 Å². The molecule has 0 spiro atoms. The number of thiazole rings is 1. The van der Waals surface area contributed by atoms with Crippen molar-refractivity contribution < 1.29 is 4.79 Å². The SMILES string of the molecule is Cc1csc(CC(=O)CNc2ccccc2)n1. The highest BCUT2D eigenvalue weighted by Crippen LogP contribution is 2.10. The van der Waals surface area contributed by atoms with Gasteiger partial charge in [-0.05, 0) is 19.1 Å². The van der Waals surface area contributed by atoms with Gasteiger partial charge in [0.1, 0.15) is 5.01 Å². The third kappa shape index (κ3) is 3.67. The van der Waals surface area contributed by atoms with Crippen LogP contribution in [0.5, 0.6) is 0 Å². The second-order valence-electron chi connectivity index (χ2n) is 3.82. The number of carbonyl (C=O) groups excluding carboxylic acids is 1. The van der Waals surface area contributed by atoms with Crippen LogP contribution in [0.2, 0.25) is 0 Å². The van der Waals surface area contributed by atoms with Crippen molar-refractivity contribution in [3.63, 3.8) is 0 Å². The molecule has 0 saturated heterocycles. The van der Waals surface area contributed by atoms with Crippen LogP contribution < -0.4 is 5.32 Å². The highest BCUT2D eigenvalue weighted by atomic mass is 32.1. The zero-order valence-corrected chi connectivity index (χ0v) is 10.5. The van der Waals surface area contributed by atoms with Gasteiger partial charge in [0.25, 0.3) is 0 Å². The number of aryl methyl sites for hydroxylation is 1. The summed E-state index contributed by atoms with van der Waals surface area (Å²) in [6, 6.07) is 9.72. The Hall–Kier alpha value is -1.68. The average Bonchev–Trinajstić information content (AvgIpc) is 2.73. The quantitative estimate of drug-likeness (QED) is 0.882. The van der Waals surface area contributed by atoms with Crippen LogP contribution in [0.3, 0.4) is 0 Å². The van der Waals surface area contributed by atoms with Gasteiger partial charge in [0.05, 0.1) is 13.0 Å². The molecular weight excluding hydrogens is 232 g/mol. The van der Waals surface area contributed by atoms with Gasteiger partial charge in [0.2, 0.25) is 0 Å². The van der Waals surface area contributed by atoms with Gasteiger partial charge >= 0.3 is 0 Å². The summed E-state index contributed by atoms with van der Waals surface area (Å²) < 4.78 is 0. The number of para-hydroxylation sites is 1. The fraction of sp³-hybridized carbons (Fsp3) is 0.231. The van der Waals surface area contributed by atoms with E-state index in [4.69, 9.17) is 0 Å². The minimum atomic E-state index is 0.156. The number of carbonyl (C=O) groups is 1. The van der Waals surface area contributed by atoms with E-state index < -0.39 is 0 Å². The Balaban J connectivity index is 1.82. The minimum Gasteiger partial charge on any atom is -0.378 e. The van der Waals surface area contributed by atoms with E-state index in [0.717, 1.165) is 16.4 Å². The summed E-state index contributed by atoms with van der Waals surface area (Å²) in [6.07, 6.45) is 0.415. The van der Waals surface area contributed by atoms with Crippen LogP contribution in [0, 0.1) is 6.92 Å². The third-order valence-corrected chi connectivity index (χ3v) is 3.25. The maximum Gasteiger partial charge on any atom is 0.158 e. The molecule has 0 aliphatic carbocycles. The normalized spacial score (nSPS) is 10.2. The number of hydrogen-bond donors (Lipinski definition) is 1. The number of ketones is 1. The molecule has 1 heterocycles. The lowest BCUT2D eigenvalue weighted by Gasteiger charge is -2.04. The van der Waals surface area contributed by atoms with Gasteiger partial charge < -0.3 is 5.32 Å². The second-order valence-corrected chi connectivity index (χ2v) is 4.76. The number of Topliss-reactive ketones (excluding diaryl/α,β-unsaturated/α-hetero) is 1. The van der Waals surface area contributed by atoms with E-state index in [1.165, 1.54) is 11.3 Å². The number of benzene rings is 1. The third-order valence-electron chi connectivity index (χ3n) is 2.28. The van der Waals surface area contributed by atoms with Crippen LogP contribution >= 0.6 is 11.3 Å². The number of aromatic nitrogens is 1. The molecule has 0 saturated carbocycles. The first-order valence-electron chi connectivity index (χ1n) is 5.45. The van der Waals surface area contributed by atoms with Gasteiger partial charge in [0.15, 0.2) is 5.78 Å². The Labute approximate surface area is 105 Å². The molecule has 1 aromatic carbocycles. The van der Waals surface area contributed by atoms with Gasteiger partial charge in [-0.1, -0.05) is 18.2 Å². The zero-order chi connectivity index (χ0) is 12.1. The number of nitrogens with one attached hydrogen (secondary N) is 1. The molecule has 1 aromatic heterocycles. The highest BCUT2D eigenvalue weighted by molar-refractivity contribution is 7.09. The van der Waals surface area contributed by atoms with E-state index >= 15 is 0 Å². The Kier molecular flexibility index (Phi) is 3.88. The fourth-order valence-electron chi connectivity index (χ4n) is 1.47. The van der Waals surface area contributed by atoms with E-state index in [0.29, 0.717) is 13.0 Å². The maximum atomic E-state index is 11.7. The topological polar surface area (TPSA) is 42.0 Å². The van der Waals surface area contributed by atoms with Crippen molar-refractivity contribution >= 4 is 22.8 Å². The van der Waals surface area contributed by atoms with E-state index in [-0.39, 0.29) is 5.78 Å². The highest BCUT2D eigenvalue weighted by Gasteiger charge is 2.06. The fourth-order valence-corrected chi connectivity index (χ4v) is 2.27. The van der Waals surface area contributed by atoms with Crippen molar-refractivity contribution in [1.82, 2.24) is 4.98 Å². The molecule has 1 N–H and O–H groups in total. The van der Waals surface area contributed by atoms with Crippen molar-refractivity contribution in [3.8, 4) is 0 Å². The smallest absolute Gasteiger partial charge is 0.158 e. The minimum absolute atomic E-state index is 0.156. The summed E-state index contributed by atoms with van der Waals surface area (Å²) in [5.41, 5.74) is 1.95. The maximum absolute atomic E-state index is 11.7. The lowest BCUT2D eigenvalue weighted by molar-refractivity contribution is -0.116. The van der Waals surface area contributed by atoms with E-state index in [1.54, 1.807) is 0 Å². The summed E-state index contributed by atoms with van der Waals surface area (Å²) >= 11 is 1.54. The lowest BCUT2D eigenvalue weighted by atomic mass is 10.2. The van der Waals surface area contributed by atoms with Crippen molar-refractivity contribution in [1.29, 1.82) is 0 Å². The molecule has 4 heteroatoms. The average molecular weight is 246 g/mol. The molecule has 0 aliphatic rings. The van der Waals surface area contributed by atoms with Crippen LogP contribution in [-0.2, 0) is 11.2 Å². The molecule has 0 bridgehead atoms. The predicted octanol–water partition coefficient (Wildman–Crippen LogP) is 2.68. The van der Waals surface area contributed by atoms with Crippen molar-refractivity contribution in [2.75, 3.05) is 11.9 Å². The first-order chi connectivity index (χ1) is 8.24. The first kappa shape index (κ1) is 11.8. The number of nitrogens with zero attached hydrogens (tertiary/aromatic N) is 1. The first-order valence-corrected chi connectivity index (χ1v) is 6.33. The number of rotatable bonds is 5. The molecule has 2 rings (SSSR count). The number of anilines is 1. The van der Waals surface area contributed by atoms with Gasteiger partial charge in [-0.2, -0.15) is 0 Å². The van der Waals surface area contributed by atoms with Crippen molar-refractivity contribution in [2.24, 2.45) is 0 Å². The predicted molar refractivity (Wildman–Crippen MR) is 70.5 cm³/mol. The summed E-state index contributed by atoms with van der Waals surface area (Å²) in [6.45, 7) is 2.29. The summed E-state index contributed by atoms with van der Waals surface area (Å²) in [4.78, 5) is 16.0. The van der Waals surface area contributed by atoms with Crippen LogP contribution in [0.15, 0.2) is 35.7 Å². The molecule has 17 heavy (non-hydrogen) atoms. The van der Waals surface area contributed by atoms with Gasteiger partial charge in [-0.25, -0.2) is 4.98 Å². The van der Waals surface area contributed by atoms with Crippen molar-refractivity contribution in [2.45, 2.75) is 13.3 Å². The molecule has 2 aromatic rings. The van der Waals surface area contributed by atoms with Crippen molar-refractivity contribution in [3.05, 3.63) is 46.4 Å². The molecule has 0 atom stereocenters. The van der Waals surface area contributed by atoms with Gasteiger partial charge in [-0.15, -0.1) is 11.3 Å². The summed E-state index contributed by atoms with van der Waals surface area (Å²) in [5.74, 6) is 0.156. The zero-order valence-electron chi connectivity index (χ0n) is 9.64. The molecule has 0 unspecified atom stereocenters. The Morgan fingerprint density at radius 3 is 2.76 bits per heavy atom. The van der Waals surface area contributed by atoms with Crippen LogP contribution in [0.25, 0.3) is 0 Å². The standard InChI is InChI=1S/C13H14N2OS/c1-10-9-17-13(15-10)7-12(16)8-14-11-5-3-2-4-6-11/h2-6,9,14H,7-8H2,1H3. The molecule has 3 nitrogen and oxygen atoms in total. The Morgan fingerprint density at radius 2 is 2.12 bits per heavy atom. The van der Waals surface area contributed by atoms with Crippen LogP contribution in [0.4, 0.5) is 5.69 Å². The Bertz CT molecular complexity index is 493. The second kappa shape index (κ2) is 5.59. The Morgan fingerprint density at radius 1 is 1.35 bits per heavy atom. The van der Waals surface area contributed by atoms with Gasteiger partial charge in [-0.3, -0.25) is 4.79 Å². The van der Waals surface area contributed by atoms with Crippen LogP contribution in [0.1, 0.15) is 10.7 Å². The molecule has 88 valence electrons. The molecule has 0 radical (unpaired) electrons. The van der Waals surface area contributed by atoms with E-state index in [2.05, 4.69) is 10.3 Å². The van der Waals surface area contributed by atoms with E-state index in [9.17, 15) is 4.79 Å². The largest absolute Gasteiger partial charge is 0.378 e. The number of hydrogen-bond acceptors (Lipinski definition) is 4. The molecule has 0 amide bonds. The lowest BCUT2D eigenvalue weighted by Crippen LogP contribution is -2.15. The van der Waals surface area contributed by atoms with E-state index in [1.807, 2.05) is 42.6 Å².